The average Bonchev–Trinajstić information content (AvgIpc) is 2.83. The van der Waals surface area contributed by atoms with E-state index in [0.29, 0.717) is 51.7 Å². The fourth-order valence-electron chi connectivity index (χ4n) is 3.57. The maximum atomic E-state index is 12.4. The van der Waals surface area contributed by atoms with Gasteiger partial charge in [-0.1, -0.05) is 12.1 Å². The third-order valence-electron chi connectivity index (χ3n) is 5.48. The van der Waals surface area contributed by atoms with Crippen LogP contribution in [-0.4, -0.2) is 11.8 Å². The first-order valence-electron chi connectivity index (χ1n) is 10.9. The van der Waals surface area contributed by atoms with Crippen molar-refractivity contribution in [1.29, 1.82) is 0 Å². The number of nitrogens with one attached hydrogen (secondary N) is 2. The second kappa shape index (κ2) is 9.88. The summed E-state index contributed by atoms with van der Waals surface area (Å²) in [6, 6.07) is 24.2. The molecule has 0 bridgehead atoms. The van der Waals surface area contributed by atoms with E-state index in [1.165, 1.54) is 0 Å². The first-order valence-corrected chi connectivity index (χ1v) is 10.9. The van der Waals surface area contributed by atoms with Gasteiger partial charge in [-0.3, -0.25) is 9.59 Å². The molecule has 0 spiro atoms. The van der Waals surface area contributed by atoms with Crippen molar-refractivity contribution in [3.8, 4) is 0 Å². The Balaban J connectivity index is 1.41. The topological polar surface area (TPSA) is 162 Å². The van der Waals surface area contributed by atoms with Crippen molar-refractivity contribution >= 4 is 45.9 Å². The summed E-state index contributed by atoms with van der Waals surface area (Å²) in [5.41, 5.74) is 29.7. The largest absolute Gasteiger partial charge is 0.399 e. The van der Waals surface area contributed by atoms with Crippen LogP contribution in [0.5, 0.6) is 0 Å². The highest BCUT2D eigenvalue weighted by Crippen LogP contribution is 2.26. The number of hydrogen-bond donors (Lipinski definition) is 6. The molecule has 0 heterocycles. The summed E-state index contributed by atoms with van der Waals surface area (Å²) in [4.78, 5) is 24.9. The zero-order valence-corrected chi connectivity index (χ0v) is 18.9. The van der Waals surface area contributed by atoms with E-state index in [1.807, 2.05) is 24.3 Å². The maximum Gasteiger partial charge on any atom is 0.255 e. The second-order valence-electron chi connectivity index (χ2n) is 8.17. The van der Waals surface area contributed by atoms with Crippen LogP contribution in [0.2, 0.25) is 0 Å². The maximum absolute atomic E-state index is 12.4. The van der Waals surface area contributed by atoms with Crippen molar-refractivity contribution < 1.29 is 9.59 Å². The highest BCUT2D eigenvalue weighted by atomic mass is 16.2. The Morgan fingerprint density at radius 1 is 0.543 bits per heavy atom. The molecular weight excluding hydrogens is 440 g/mol. The van der Waals surface area contributed by atoms with Gasteiger partial charge in [0.1, 0.15) is 0 Å². The number of benzene rings is 4. The van der Waals surface area contributed by atoms with Gasteiger partial charge in [-0.25, -0.2) is 0 Å². The van der Waals surface area contributed by atoms with Crippen LogP contribution < -0.4 is 33.6 Å². The van der Waals surface area contributed by atoms with Gasteiger partial charge in [-0.2, -0.15) is 0 Å². The van der Waals surface area contributed by atoms with E-state index < -0.39 is 0 Å². The SMILES string of the molecule is Nc1ccc(C(=O)Nc2ccc(Cc3ccc(NC(=O)c4ccc(N)cc4)c(N)c3)cc2N)cc1. The molecule has 0 aliphatic rings. The molecule has 8 heteroatoms. The molecule has 0 aliphatic heterocycles. The molecule has 0 aromatic heterocycles. The predicted molar refractivity (Wildman–Crippen MR) is 142 cm³/mol. The molecule has 4 aromatic rings. The minimum absolute atomic E-state index is 0.270. The standard InChI is InChI=1S/C27H26N6O2/c28-20-7-3-18(4-8-20)26(34)32-24-11-1-16(14-22(24)30)13-17-2-12-25(23(31)15-17)33-27(35)19-5-9-21(29)10-6-19/h1-12,14-15H,13,28-31H2,(H,32,34)(H,33,35). The quantitative estimate of drug-likeness (QED) is 0.234. The molecule has 0 saturated carbocycles. The first-order chi connectivity index (χ1) is 16.8. The molecule has 0 radical (unpaired) electrons. The van der Waals surface area contributed by atoms with Crippen LogP contribution in [0.4, 0.5) is 34.1 Å². The number of rotatable bonds is 6. The lowest BCUT2D eigenvalue weighted by molar-refractivity contribution is 0.101. The molecule has 4 aromatic carbocycles. The van der Waals surface area contributed by atoms with E-state index in [2.05, 4.69) is 10.6 Å². The molecule has 10 N–H and O–H groups in total. The van der Waals surface area contributed by atoms with Gasteiger partial charge in [0, 0.05) is 22.5 Å². The van der Waals surface area contributed by atoms with E-state index in [9.17, 15) is 9.59 Å². The van der Waals surface area contributed by atoms with Crippen LogP contribution in [-0.2, 0) is 6.42 Å². The van der Waals surface area contributed by atoms with Gasteiger partial charge < -0.3 is 33.6 Å². The van der Waals surface area contributed by atoms with E-state index in [0.717, 1.165) is 11.1 Å². The molecule has 4 rings (SSSR count). The number of carbonyl (C=O) groups is 2. The van der Waals surface area contributed by atoms with Crippen molar-refractivity contribution in [3.63, 3.8) is 0 Å². The van der Waals surface area contributed by atoms with Crippen LogP contribution in [0.3, 0.4) is 0 Å². The number of hydrogen-bond acceptors (Lipinski definition) is 6. The lowest BCUT2D eigenvalue weighted by Gasteiger charge is -2.12. The van der Waals surface area contributed by atoms with Crippen LogP contribution in [0, 0.1) is 0 Å². The van der Waals surface area contributed by atoms with Gasteiger partial charge in [0.25, 0.3) is 11.8 Å². The molecule has 176 valence electrons. The van der Waals surface area contributed by atoms with Crippen molar-refractivity contribution in [2.75, 3.05) is 33.6 Å². The summed E-state index contributed by atoms with van der Waals surface area (Å²) in [7, 11) is 0. The number of carbonyl (C=O) groups excluding carboxylic acids is 2. The van der Waals surface area contributed by atoms with Crippen LogP contribution in [0.1, 0.15) is 31.8 Å². The van der Waals surface area contributed by atoms with E-state index in [1.54, 1.807) is 60.7 Å². The van der Waals surface area contributed by atoms with Crippen LogP contribution >= 0.6 is 0 Å². The summed E-state index contributed by atoms with van der Waals surface area (Å²) in [5, 5.41) is 5.63. The molecule has 0 saturated heterocycles. The number of nitrogen functional groups attached to an aromatic ring is 4. The van der Waals surface area contributed by atoms with E-state index >= 15 is 0 Å². The Labute approximate surface area is 202 Å². The van der Waals surface area contributed by atoms with Crippen molar-refractivity contribution in [1.82, 2.24) is 0 Å². The molecule has 0 atom stereocenters. The van der Waals surface area contributed by atoms with Gasteiger partial charge in [-0.15, -0.1) is 0 Å². The molecule has 8 nitrogen and oxygen atoms in total. The van der Waals surface area contributed by atoms with E-state index in [-0.39, 0.29) is 11.8 Å². The fourth-order valence-corrected chi connectivity index (χ4v) is 3.57. The highest BCUT2D eigenvalue weighted by molar-refractivity contribution is 6.06. The van der Waals surface area contributed by atoms with Crippen molar-refractivity contribution in [2.45, 2.75) is 6.42 Å². The van der Waals surface area contributed by atoms with Crippen molar-refractivity contribution in [2.24, 2.45) is 0 Å². The average molecular weight is 467 g/mol. The summed E-state index contributed by atoms with van der Waals surface area (Å²) >= 11 is 0. The zero-order chi connectivity index (χ0) is 24.9. The molecule has 35 heavy (non-hydrogen) atoms. The summed E-state index contributed by atoms with van der Waals surface area (Å²) in [6.45, 7) is 0. The Kier molecular flexibility index (Phi) is 6.55. The summed E-state index contributed by atoms with van der Waals surface area (Å²) < 4.78 is 0. The van der Waals surface area contributed by atoms with Gasteiger partial charge >= 0.3 is 0 Å². The fraction of sp³-hybridized carbons (Fsp3) is 0.0370. The number of amides is 2. The van der Waals surface area contributed by atoms with Crippen LogP contribution in [0.25, 0.3) is 0 Å². The van der Waals surface area contributed by atoms with Gasteiger partial charge in [0.05, 0.1) is 22.7 Å². The first kappa shape index (κ1) is 23.2. The second-order valence-corrected chi connectivity index (χ2v) is 8.17. The van der Waals surface area contributed by atoms with Gasteiger partial charge in [0.15, 0.2) is 0 Å². The lowest BCUT2D eigenvalue weighted by atomic mass is 10.0. The number of nitrogens with two attached hydrogens (primary N) is 4. The third-order valence-corrected chi connectivity index (χ3v) is 5.48. The monoisotopic (exact) mass is 466 g/mol. The highest BCUT2D eigenvalue weighted by Gasteiger charge is 2.11. The number of anilines is 6. The Hall–Kier alpha value is -4.98. The summed E-state index contributed by atoms with van der Waals surface area (Å²) in [5.74, 6) is -0.539. The third kappa shape index (κ3) is 5.69. The smallest absolute Gasteiger partial charge is 0.255 e. The van der Waals surface area contributed by atoms with Gasteiger partial charge in [0.2, 0.25) is 0 Å². The molecular formula is C27H26N6O2. The Morgan fingerprint density at radius 3 is 1.26 bits per heavy atom. The van der Waals surface area contributed by atoms with E-state index in [4.69, 9.17) is 22.9 Å². The minimum Gasteiger partial charge on any atom is -0.399 e. The lowest BCUT2D eigenvalue weighted by Crippen LogP contribution is -2.13. The van der Waals surface area contributed by atoms with Crippen LogP contribution in [0.15, 0.2) is 84.9 Å². The molecule has 0 unspecified atom stereocenters. The molecule has 2 amide bonds. The van der Waals surface area contributed by atoms with Crippen molar-refractivity contribution in [3.05, 3.63) is 107 Å². The minimum atomic E-state index is -0.270. The Morgan fingerprint density at radius 2 is 0.914 bits per heavy atom. The molecule has 0 fully saturated rings. The Bertz CT molecular complexity index is 1280. The summed E-state index contributed by atoms with van der Waals surface area (Å²) in [6.07, 6.45) is 0.576. The molecule has 0 aliphatic carbocycles. The van der Waals surface area contributed by atoms with Gasteiger partial charge in [-0.05, 0) is 90.3 Å². The zero-order valence-electron chi connectivity index (χ0n) is 18.9. The predicted octanol–water partition coefficient (Wildman–Crippen LogP) is 4.11. The normalized spacial score (nSPS) is 10.5.